The molecule has 2 aromatic rings. The van der Waals surface area contributed by atoms with E-state index >= 15 is 0 Å². The maximum absolute atomic E-state index is 13.0. The highest BCUT2D eigenvalue weighted by Gasteiger charge is 2.30. The second-order valence-electron chi connectivity index (χ2n) is 6.54. The number of ether oxygens (including phenoxy) is 4. The predicted octanol–water partition coefficient (Wildman–Crippen LogP) is 5.38. The summed E-state index contributed by atoms with van der Waals surface area (Å²) in [6.07, 6.45) is 0. The molecule has 0 aliphatic heterocycles. The molecule has 1 atom stereocenters. The van der Waals surface area contributed by atoms with Gasteiger partial charge in [0.25, 0.3) is 5.91 Å². The van der Waals surface area contributed by atoms with Gasteiger partial charge in [0.05, 0.1) is 33.1 Å². The summed E-state index contributed by atoms with van der Waals surface area (Å²) < 4.78 is 22.3. The van der Waals surface area contributed by atoms with Gasteiger partial charge in [-0.25, -0.2) is 4.42 Å². The number of methoxy groups -OCH3 is 2. The predicted molar refractivity (Wildman–Crippen MR) is 126 cm³/mol. The van der Waals surface area contributed by atoms with Crippen LogP contribution in [0, 0.1) is 0 Å². The number of nitrogens with zero attached hydrogens (tertiary/aromatic N) is 3. The fourth-order valence-electron chi connectivity index (χ4n) is 2.74. The van der Waals surface area contributed by atoms with E-state index in [1.807, 2.05) is 0 Å². The van der Waals surface area contributed by atoms with E-state index in [4.69, 9.17) is 42.3 Å². The minimum atomic E-state index is -1.51. The van der Waals surface area contributed by atoms with E-state index in [1.165, 1.54) is 33.3 Å². The van der Waals surface area contributed by atoms with E-state index in [9.17, 15) is 9.59 Å². The maximum Gasteiger partial charge on any atom is 0.276 e. The van der Waals surface area contributed by atoms with E-state index in [0.29, 0.717) is 41.2 Å². The highest BCUT2D eigenvalue weighted by Crippen LogP contribution is 2.41. The van der Waals surface area contributed by atoms with Crippen molar-refractivity contribution in [2.45, 2.75) is 26.8 Å². The Morgan fingerprint density at radius 2 is 1.48 bits per heavy atom. The molecular weight excluding hydrogens is 473 g/mol. The number of anilines is 1. The number of azo groups is 1. The molecule has 11 heteroatoms. The average molecular weight is 498 g/mol. The molecule has 1 unspecified atom stereocenters. The summed E-state index contributed by atoms with van der Waals surface area (Å²) in [5, 5.41) is 8.46. The number of rotatable bonds is 11. The number of amides is 1. The van der Waals surface area contributed by atoms with Crippen molar-refractivity contribution in [3.05, 3.63) is 35.4 Å². The number of carbonyl (C=O) groups excluding carboxylic acids is 2. The Morgan fingerprint density at radius 1 is 0.970 bits per heavy atom. The van der Waals surface area contributed by atoms with Crippen LogP contribution in [0.25, 0.3) is 0 Å². The van der Waals surface area contributed by atoms with Gasteiger partial charge in [0.15, 0.2) is 23.0 Å². The van der Waals surface area contributed by atoms with Crippen LogP contribution >= 0.6 is 23.4 Å². The molecule has 178 valence electrons. The van der Waals surface area contributed by atoms with E-state index in [2.05, 4.69) is 10.2 Å². The van der Waals surface area contributed by atoms with Crippen LogP contribution in [-0.4, -0.2) is 45.2 Å². The van der Waals surface area contributed by atoms with Crippen molar-refractivity contribution < 1.29 is 28.5 Å². The molecule has 33 heavy (non-hydrogen) atoms. The molecule has 0 aliphatic carbocycles. The Morgan fingerprint density at radius 3 is 1.91 bits per heavy atom. The Balaban J connectivity index is 2.44. The zero-order valence-electron chi connectivity index (χ0n) is 18.9. The van der Waals surface area contributed by atoms with Gasteiger partial charge >= 0.3 is 0 Å². The lowest BCUT2D eigenvalue weighted by atomic mass is 10.2. The second-order valence-corrected chi connectivity index (χ2v) is 7.31. The molecule has 0 aromatic heterocycles. The summed E-state index contributed by atoms with van der Waals surface area (Å²) >= 11 is 12.4. The van der Waals surface area contributed by atoms with Crippen LogP contribution in [0.5, 0.6) is 23.0 Å². The van der Waals surface area contributed by atoms with Gasteiger partial charge in [0.2, 0.25) is 6.04 Å². The molecule has 0 bridgehead atoms. The summed E-state index contributed by atoms with van der Waals surface area (Å²) in [6, 6.07) is 6.22. The molecule has 9 nitrogen and oxygen atoms in total. The average Bonchev–Trinajstić information content (AvgIpc) is 2.79. The van der Waals surface area contributed by atoms with Crippen LogP contribution < -0.4 is 23.4 Å². The van der Waals surface area contributed by atoms with E-state index < -0.39 is 17.7 Å². The molecule has 2 rings (SSSR count). The molecule has 0 spiro atoms. The summed E-state index contributed by atoms with van der Waals surface area (Å²) in [5.41, 5.74) is 0.433. The van der Waals surface area contributed by atoms with Crippen LogP contribution in [0.2, 0.25) is 5.02 Å². The van der Waals surface area contributed by atoms with E-state index in [1.54, 1.807) is 32.0 Å². The summed E-state index contributed by atoms with van der Waals surface area (Å²) in [7, 11) is 2.92. The molecule has 0 saturated carbocycles. The summed E-state index contributed by atoms with van der Waals surface area (Å²) in [5.74, 6) is 0.0435. The summed E-state index contributed by atoms with van der Waals surface area (Å²) in [6.45, 7) is 5.45. The number of halogens is 2. The summed E-state index contributed by atoms with van der Waals surface area (Å²) in [4.78, 5) is 25.3. The molecule has 0 fully saturated rings. The lowest BCUT2D eigenvalue weighted by molar-refractivity contribution is -0.126. The van der Waals surface area contributed by atoms with Gasteiger partial charge in [-0.1, -0.05) is 11.6 Å². The lowest BCUT2D eigenvalue weighted by Crippen LogP contribution is -2.36. The maximum atomic E-state index is 13.0. The third kappa shape index (κ3) is 6.72. The van der Waals surface area contributed by atoms with Gasteiger partial charge in [-0.3, -0.25) is 9.59 Å². The number of carbonyl (C=O) groups is 2. The topological polar surface area (TPSA) is 99.0 Å². The van der Waals surface area contributed by atoms with Crippen molar-refractivity contribution in [1.29, 1.82) is 0 Å². The van der Waals surface area contributed by atoms with Crippen molar-refractivity contribution in [1.82, 2.24) is 0 Å². The zero-order chi connectivity index (χ0) is 24.5. The number of ketones is 1. The van der Waals surface area contributed by atoms with Crippen molar-refractivity contribution in [3.63, 3.8) is 0 Å². The molecule has 0 heterocycles. The molecule has 0 radical (unpaired) electrons. The first-order chi connectivity index (χ1) is 15.7. The van der Waals surface area contributed by atoms with Gasteiger partial charge in [-0.2, -0.15) is 5.11 Å². The van der Waals surface area contributed by atoms with Crippen LogP contribution in [0.1, 0.15) is 20.8 Å². The lowest BCUT2D eigenvalue weighted by Gasteiger charge is -2.18. The normalized spacial score (nSPS) is 11.7. The fourth-order valence-corrected chi connectivity index (χ4v) is 3.13. The van der Waals surface area contributed by atoms with Crippen LogP contribution in [0.15, 0.2) is 40.6 Å². The van der Waals surface area contributed by atoms with Crippen molar-refractivity contribution >= 4 is 46.4 Å². The minimum Gasteiger partial charge on any atom is -0.497 e. The molecule has 1 amide bonds. The van der Waals surface area contributed by atoms with Crippen molar-refractivity contribution in [2.24, 2.45) is 10.2 Å². The van der Waals surface area contributed by atoms with Crippen LogP contribution in [0.4, 0.5) is 11.4 Å². The number of Topliss-reactive ketones (excluding diaryl/α,β-unsaturated/α-hetero) is 1. The zero-order valence-corrected chi connectivity index (χ0v) is 20.4. The fraction of sp³-hybridized carbons (Fsp3) is 0.364. The van der Waals surface area contributed by atoms with Gasteiger partial charge in [0.1, 0.15) is 11.5 Å². The quantitative estimate of drug-likeness (QED) is 0.234. The minimum absolute atomic E-state index is 0.200. The van der Waals surface area contributed by atoms with E-state index in [-0.39, 0.29) is 11.4 Å². The monoisotopic (exact) mass is 497 g/mol. The van der Waals surface area contributed by atoms with Gasteiger partial charge < -0.3 is 18.9 Å². The van der Waals surface area contributed by atoms with Gasteiger partial charge in [-0.15, -0.1) is 5.11 Å². The van der Waals surface area contributed by atoms with Gasteiger partial charge in [0, 0.05) is 47.1 Å². The Hall–Kier alpha value is -3.04. The SMILES string of the molecule is CCOc1cc(Cl)cc(OCC)c1N=NC(C(C)=O)C(=O)N(Cl)c1cc(OC)cc(OC)c1. The Bertz CT molecular complexity index is 982. The van der Waals surface area contributed by atoms with Gasteiger partial charge in [-0.05, 0) is 20.8 Å². The second kappa shape index (κ2) is 12.3. The standard InChI is InChI=1S/C22H25Cl2N3O6/c1-6-32-18-8-14(23)9-19(33-7-2)21(18)26-25-20(13(3)28)22(29)27(24)15-10-16(30-4)12-17(11-15)31-5/h8-12,20H,6-7H2,1-5H3. The molecule has 0 saturated heterocycles. The Labute approximate surface area is 202 Å². The number of hydrogen-bond acceptors (Lipinski definition) is 8. The molecule has 0 aliphatic rings. The third-order valence-corrected chi connectivity index (χ3v) is 4.83. The molecule has 0 N–H and O–H groups in total. The highest BCUT2D eigenvalue weighted by atomic mass is 35.5. The van der Waals surface area contributed by atoms with Crippen LogP contribution in [0.3, 0.4) is 0 Å². The Kier molecular flexibility index (Phi) is 9.74. The van der Waals surface area contributed by atoms with Crippen molar-refractivity contribution in [2.75, 3.05) is 31.9 Å². The third-order valence-electron chi connectivity index (χ3n) is 4.25. The van der Waals surface area contributed by atoms with E-state index in [0.717, 1.165) is 4.42 Å². The first kappa shape index (κ1) is 26.2. The number of hydrogen-bond donors (Lipinski definition) is 0. The molecular formula is C22H25Cl2N3O6. The first-order valence-corrected chi connectivity index (χ1v) is 10.7. The number of benzene rings is 2. The first-order valence-electron chi connectivity index (χ1n) is 9.98. The van der Waals surface area contributed by atoms with Crippen molar-refractivity contribution in [3.8, 4) is 23.0 Å². The largest absolute Gasteiger partial charge is 0.497 e. The van der Waals surface area contributed by atoms with Crippen LogP contribution in [-0.2, 0) is 9.59 Å². The molecule has 2 aromatic carbocycles. The highest BCUT2D eigenvalue weighted by molar-refractivity contribution is 6.39. The smallest absolute Gasteiger partial charge is 0.276 e.